The van der Waals surface area contributed by atoms with Gasteiger partial charge in [0.05, 0.1) is 36.6 Å². The SMILES string of the molecule is COC1=CC(=O)N(Cc2c(-c3ccc(Cl)cc3)nc3ccc(Cl)cn23)C1. The lowest BCUT2D eigenvalue weighted by atomic mass is 10.1. The standard InChI is InChI=1S/C19H15Cl2N3O2/c1-26-15-8-18(25)23(10-15)11-16-19(12-2-4-13(20)5-3-12)22-17-7-6-14(21)9-24(16)17/h2-9H,10-11H2,1H3. The first kappa shape index (κ1) is 16.9. The predicted octanol–water partition coefficient (Wildman–Crippen LogP) is 4.18. The predicted molar refractivity (Wildman–Crippen MR) is 101 cm³/mol. The lowest BCUT2D eigenvalue weighted by molar-refractivity contribution is -0.125. The van der Waals surface area contributed by atoms with Gasteiger partial charge in [0.25, 0.3) is 5.91 Å². The minimum absolute atomic E-state index is 0.0825. The molecule has 1 aromatic carbocycles. The normalized spacial score (nSPS) is 14.2. The van der Waals surface area contributed by atoms with Gasteiger partial charge in [0.1, 0.15) is 11.4 Å². The summed E-state index contributed by atoms with van der Waals surface area (Å²) in [5.41, 5.74) is 3.36. The molecule has 0 atom stereocenters. The Bertz CT molecular complexity index is 1030. The summed E-state index contributed by atoms with van der Waals surface area (Å²) in [6.45, 7) is 0.824. The minimum Gasteiger partial charge on any atom is -0.499 e. The third-order valence-corrected chi connectivity index (χ3v) is 4.82. The molecule has 0 aliphatic carbocycles. The molecule has 3 aromatic rings. The molecule has 5 nitrogen and oxygen atoms in total. The van der Waals surface area contributed by atoms with Gasteiger partial charge in [-0.1, -0.05) is 35.3 Å². The summed E-state index contributed by atoms with van der Waals surface area (Å²) in [6.07, 6.45) is 3.32. The average molecular weight is 388 g/mol. The molecular formula is C19H15Cl2N3O2. The number of methoxy groups -OCH3 is 1. The number of benzene rings is 1. The number of carbonyl (C=O) groups is 1. The van der Waals surface area contributed by atoms with Gasteiger partial charge in [0, 0.05) is 22.9 Å². The van der Waals surface area contributed by atoms with Crippen molar-refractivity contribution in [2.24, 2.45) is 0 Å². The molecule has 0 bridgehead atoms. The number of aromatic nitrogens is 2. The Balaban J connectivity index is 1.81. The summed E-state index contributed by atoms with van der Waals surface area (Å²) in [5, 5.41) is 1.26. The molecule has 4 rings (SSSR count). The molecule has 0 fully saturated rings. The summed E-state index contributed by atoms with van der Waals surface area (Å²) in [7, 11) is 1.57. The van der Waals surface area contributed by atoms with E-state index in [0.29, 0.717) is 28.9 Å². The topological polar surface area (TPSA) is 46.8 Å². The Kier molecular flexibility index (Phi) is 4.34. The smallest absolute Gasteiger partial charge is 0.250 e. The van der Waals surface area contributed by atoms with Crippen LogP contribution in [0.5, 0.6) is 0 Å². The molecule has 7 heteroatoms. The Morgan fingerprint density at radius 2 is 1.85 bits per heavy atom. The second-order valence-electron chi connectivity index (χ2n) is 6.00. The zero-order valence-electron chi connectivity index (χ0n) is 13.9. The second kappa shape index (κ2) is 6.67. The van der Waals surface area contributed by atoms with Crippen LogP contribution >= 0.6 is 23.2 Å². The van der Waals surface area contributed by atoms with Crippen molar-refractivity contribution in [3.63, 3.8) is 0 Å². The van der Waals surface area contributed by atoms with Gasteiger partial charge in [0.15, 0.2) is 0 Å². The maximum atomic E-state index is 12.3. The molecule has 0 spiro atoms. The first-order valence-corrected chi connectivity index (χ1v) is 8.76. The molecule has 132 valence electrons. The lowest BCUT2D eigenvalue weighted by Gasteiger charge is -2.17. The zero-order chi connectivity index (χ0) is 18.3. The van der Waals surface area contributed by atoms with Gasteiger partial charge >= 0.3 is 0 Å². The maximum Gasteiger partial charge on any atom is 0.250 e. The van der Waals surface area contributed by atoms with Crippen LogP contribution in [-0.4, -0.2) is 33.8 Å². The molecule has 1 aliphatic rings. The maximum absolute atomic E-state index is 12.3. The van der Waals surface area contributed by atoms with Crippen LogP contribution in [0.4, 0.5) is 0 Å². The Labute approximate surface area is 160 Å². The largest absolute Gasteiger partial charge is 0.499 e. The fraction of sp³-hybridized carbons (Fsp3) is 0.158. The molecule has 1 amide bonds. The number of nitrogens with zero attached hydrogens (tertiary/aromatic N) is 3. The highest BCUT2D eigenvalue weighted by atomic mass is 35.5. The summed E-state index contributed by atoms with van der Waals surface area (Å²) in [6, 6.07) is 11.1. The quantitative estimate of drug-likeness (QED) is 0.674. The molecule has 0 saturated heterocycles. The van der Waals surface area contributed by atoms with Crippen molar-refractivity contribution in [2.45, 2.75) is 6.54 Å². The molecule has 2 aromatic heterocycles. The fourth-order valence-electron chi connectivity index (χ4n) is 3.04. The molecule has 0 unspecified atom stereocenters. The minimum atomic E-state index is -0.0825. The number of pyridine rings is 1. The number of amides is 1. The highest BCUT2D eigenvalue weighted by Gasteiger charge is 2.25. The van der Waals surface area contributed by atoms with Crippen LogP contribution in [0.25, 0.3) is 16.9 Å². The average Bonchev–Trinajstić information content (AvgIpc) is 3.17. The Morgan fingerprint density at radius 3 is 2.54 bits per heavy atom. The van der Waals surface area contributed by atoms with Crippen LogP contribution in [0.1, 0.15) is 5.69 Å². The molecular weight excluding hydrogens is 373 g/mol. The molecule has 0 N–H and O–H groups in total. The number of fused-ring (bicyclic) bond motifs is 1. The van der Waals surface area contributed by atoms with Gasteiger partial charge in [-0.15, -0.1) is 0 Å². The third-order valence-electron chi connectivity index (χ3n) is 4.34. The number of hydrogen-bond acceptors (Lipinski definition) is 3. The van der Waals surface area contributed by atoms with Gasteiger partial charge in [-0.3, -0.25) is 4.79 Å². The van der Waals surface area contributed by atoms with Crippen molar-refractivity contribution >= 4 is 34.8 Å². The Morgan fingerprint density at radius 1 is 1.12 bits per heavy atom. The van der Waals surface area contributed by atoms with Crippen LogP contribution < -0.4 is 0 Å². The van der Waals surface area contributed by atoms with Gasteiger partial charge in [-0.25, -0.2) is 4.98 Å². The van der Waals surface area contributed by atoms with Crippen LogP contribution in [0.3, 0.4) is 0 Å². The van der Waals surface area contributed by atoms with Gasteiger partial charge in [-0.2, -0.15) is 0 Å². The van der Waals surface area contributed by atoms with E-state index in [1.165, 1.54) is 6.08 Å². The van der Waals surface area contributed by atoms with Gasteiger partial charge in [-0.05, 0) is 24.3 Å². The number of hydrogen-bond donors (Lipinski definition) is 0. The second-order valence-corrected chi connectivity index (χ2v) is 6.87. The van der Waals surface area contributed by atoms with E-state index in [0.717, 1.165) is 22.6 Å². The van der Waals surface area contributed by atoms with E-state index in [9.17, 15) is 4.79 Å². The van der Waals surface area contributed by atoms with Crippen molar-refractivity contribution in [1.82, 2.24) is 14.3 Å². The summed E-state index contributed by atoms with van der Waals surface area (Å²) in [4.78, 5) is 18.7. The summed E-state index contributed by atoms with van der Waals surface area (Å²) < 4.78 is 7.13. The summed E-state index contributed by atoms with van der Waals surface area (Å²) >= 11 is 12.2. The molecule has 1 aliphatic heterocycles. The van der Waals surface area contributed by atoms with Crippen molar-refractivity contribution in [1.29, 1.82) is 0 Å². The third kappa shape index (κ3) is 3.04. The highest BCUT2D eigenvalue weighted by Crippen LogP contribution is 2.29. The van der Waals surface area contributed by atoms with Crippen LogP contribution in [0.15, 0.2) is 54.4 Å². The number of rotatable bonds is 4. The van der Waals surface area contributed by atoms with Crippen LogP contribution in [0.2, 0.25) is 10.0 Å². The van der Waals surface area contributed by atoms with Crippen LogP contribution in [-0.2, 0) is 16.1 Å². The number of ether oxygens (including phenoxy) is 1. The highest BCUT2D eigenvalue weighted by molar-refractivity contribution is 6.30. The fourth-order valence-corrected chi connectivity index (χ4v) is 3.32. The van der Waals surface area contributed by atoms with E-state index in [2.05, 4.69) is 0 Å². The van der Waals surface area contributed by atoms with E-state index in [1.54, 1.807) is 18.1 Å². The van der Waals surface area contributed by atoms with E-state index < -0.39 is 0 Å². The zero-order valence-corrected chi connectivity index (χ0v) is 15.5. The monoisotopic (exact) mass is 387 g/mol. The Hall–Kier alpha value is -2.50. The first-order chi connectivity index (χ1) is 12.5. The van der Waals surface area contributed by atoms with Crippen molar-refractivity contribution in [3.8, 4) is 11.3 Å². The molecule has 26 heavy (non-hydrogen) atoms. The van der Waals surface area contributed by atoms with Gasteiger partial charge in [0.2, 0.25) is 0 Å². The van der Waals surface area contributed by atoms with Crippen molar-refractivity contribution in [2.75, 3.05) is 13.7 Å². The van der Waals surface area contributed by atoms with Crippen molar-refractivity contribution in [3.05, 3.63) is 70.2 Å². The number of carbonyl (C=O) groups excluding carboxylic acids is 1. The first-order valence-electron chi connectivity index (χ1n) is 8.01. The van der Waals surface area contributed by atoms with E-state index in [1.807, 2.05) is 40.9 Å². The van der Waals surface area contributed by atoms with E-state index in [-0.39, 0.29) is 5.91 Å². The molecule has 0 saturated carbocycles. The number of imidazole rings is 1. The van der Waals surface area contributed by atoms with Crippen molar-refractivity contribution < 1.29 is 9.53 Å². The van der Waals surface area contributed by atoms with Crippen LogP contribution in [0, 0.1) is 0 Å². The van der Waals surface area contributed by atoms with E-state index >= 15 is 0 Å². The summed E-state index contributed by atoms with van der Waals surface area (Å²) in [5.74, 6) is 0.566. The molecule has 3 heterocycles. The number of halogens is 2. The lowest BCUT2D eigenvalue weighted by Crippen LogP contribution is -2.26. The molecule has 0 radical (unpaired) electrons. The van der Waals surface area contributed by atoms with Gasteiger partial charge < -0.3 is 14.0 Å². The van der Waals surface area contributed by atoms with E-state index in [4.69, 9.17) is 32.9 Å².